The maximum atomic E-state index is 14.0. The molecule has 0 aliphatic carbocycles. The Labute approximate surface area is 287 Å². The van der Waals surface area contributed by atoms with Gasteiger partial charge < -0.3 is 29.9 Å². The van der Waals surface area contributed by atoms with Crippen LogP contribution < -0.4 is 10.5 Å². The van der Waals surface area contributed by atoms with Gasteiger partial charge in [0.2, 0.25) is 15.9 Å². The first kappa shape index (κ1) is 33.5. The Morgan fingerprint density at radius 2 is 1.71 bits per heavy atom. The number of benzene rings is 2. The highest BCUT2D eigenvalue weighted by Gasteiger charge is 2.43. The minimum Gasteiger partial charge on any atom is -0.485 e. The van der Waals surface area contributed by atoms with E-state index in [4.69, 9.17) is 38.9 Å². The van der Waals surface area contributed by atoms with Gasteiger partial charge in [-0.25, -0.2) is 13.4 Å². The topological polar surface area (TPSA) is 163 Å². The molecule has 0 bridgehead atoms. The summed E-state index contributed by atoms with van der Waals surface area (Å²) in [5.41, 5.74) is 8.21. The van der Waals surface area contributed by atoms with E-state index in [0.29, 0.717) is 40.9 Å². The Kier molecular flexibility index (Phi) is 9.52. The lowest BCUT2D eigenvalue weighted by Crippen LogP contribution is -2.55. The zero-order valence-electron chi connectivity index (χ0n) is 25.9. The number of fused-ring (bicyclic) bond motifs is 1. The van der Waals surface area contributed by atoms with Gasteiger partial charge >= 0.3 is 0 Å². The number of pyridine rings is 1. The van der Waals surface area contributed by atoms with Crippen molar-refractivity contribution >= 4 is 56.5 Å². The van der Waals surface area contributed by atoms with Crippen LogP contribution in [-0.2, 0) is 21.4 Å². The summed E-state index contributed by atoms with van der Waals surface area (Å²) < 4.78 is 37.1. The molecule has 13 nitrogen and oxygen atoms in total. The van der Waals surface area contributed by atoms with Crippen LogP contribution in [0.5, 0.6) is 5.75 Å². The molecule has 252 valence electrons. The minimum absolute atomic E-state index is 0.0634. The molecule has 2 aliphatic rings. The number of aryl methyl sites for hydroxylation is 1. The van der Waals surface area contributed by atoms with Gasteiger partial charge in [0, 0.05) is 66.8 Å². The van der Waals surface area contributed by atoms with Gasteiger partial charge in [-0.3, -0.25) is 9.59 Å². The van der Waals surface area contributed by atoms with E-state index in [1.165, 1.54) is 16.4 Å². The Balaban J connectivity index is 1.14. The molecule has 0 radical (unpaired) electrons. The minimum atomic E-state index is -4.20. The molecule has 2 aromatic heterocycles. The normalized spacial score (nSPS) is 17.6. The van der Waals surface area contributed by atoms with Crippen molar-refractivity contribution in [1.82, 2.24) is 23.5 Å². The van der Waals surface area contributed by atoms with E-state index in [0.717, 1.165) is 5.69 Å². The summed E-state index contributed by atoms with van der Waals surface area (Å²) in [6.07, 6.45) is 4.57. The molecule has 2 aliphatic heterocycles. The first-order valence-corrected chi connectivity index (χ1v) is 17.4. The third-order valence-corrected chi connectivity index (χ3v) is 11.4. The number of ether oxygens (including phenoxy) is 1. The molecule has 48 heavy (non-hydrogen) atoms. The molecule has 2 fully saturated rings. The lowest BCUT2D eigenvalue weighted by Gasteiger charge is -2.37. The number of nitrogens with two attached hydrogens (primary N) is 1. The van der Waals surface area contributed by atoms with E-state index >= 15 is 0 Å². The van der Waals surface area contributed by atoms with Crippen molar-refractivity contribution in [3.63, 3.8) is 0 Å². The van der Waals surface area contributed by atoms with Gasteiger partial charge in [0.15, 0.2) is 17.2 Å². The van der Waals surface area contributed by atoms with Crippen LogP contribution in [0.25, 0.3) is 5.65 Å². The molecule has 2 saturated heterocycles. The molecule has 0 saturated carbocycles. The number of carbonyl (C=O) groups is 2. The molecular weight excluding hydrogens is 681 g/mol. The van der Waals surface area contributed by atoms with E-state index in [2.05, 4.69) is 10.1 Å². The number of oxime groups is 1. The summed E-state index contributed by atoms with van der Waals surface area (Å²) in [6, 6.07) is 11.8. The van der Waals surface area contributed by atoms with Crippen LogP contribution in [0.2, 0.25) is 10.0 Å². The van der Waals surface area contributed by atoms with Crippen molar-refractivity contribution in [1.29, 1.82) is 0 Å². The lowest BCUT2D eigenvalue weighted by molar-refractivity contribution is -0.136. The van der Waals surface area contributed by atoms with Crippen LogP contribution in [0, 0.1) is 6.92 Å². The van der Waals surface area contributed by atoms with Crippen molar-refractivity contribution in [2.75, 3.05) is 32.7 Å². The number of piperazine rings is 1. The summed E-state index contributed by atoms with van der Waals surface area (Å²) in [5, 5.41) is 12.0. The van der Waals surface area contributed by atoms with Crippen LogP contribution in [-0.4, -0.2) is 93.5 Å². The van der Waals surface area contributed by atoms with Crippen LogP contribution in [0.15, 0.2) is 71.0 Å². The highest BCUT2D eigenvalue weighted by molar-refractivity contribution is 7.89. The fourth-order valence-corrected chi connectivity index (χ4v) is 8.56. The SMILES string of the molecule is Cc1cn2cccc(OCc3c(Cl)ccc(S(=O)(=O)N4CCC[C@H]4C(=O)N4CCN(C(=O)c5ccc(C(N)=NO)cc5)CC4)c3Cl)c2n1. The maximum absolute atomic E-state index is 14.0. The monoisotopic (exact) mass is 713 g/mol. The predicted molar refractivity (Wildman–Crippen MR) is 179 cm³/mol. The number of hydrogen-bond acceptors (Lipinski definition) is 8. The van der Waals surface area contributed by atoms with E-state index in [1.54, 1.807) is 40.1 Å². The molecule has 3 N–H and O–H groups in total. The predicted octanol–water partition coefficient (Wildman–Crippen LogP) is 3.76. The number of hydrogen-bond donors (Lipinski definition) is 2. The number of rotatable bonds is 8. The van der Waals surface area contributed by atoms with E-state index in [1.807, 2.05) is 29.8 Å². The number of aromatic nitrogens is 2. The van der Waals surface area contributed by atoms with Gasteiger partial charge in [-0.1, -0.05) is 40.5 Å². The summed E-state index contributed by atoms with van der Waals surface area (Å²) in [6.45, 7) is 2.99. The lowest BCUT2D eigenvalue weighted by atomic mass is 10.1. The van der Waals surface area contributed by atoms with E-state index < -0.39 is 16.1 Å². The van der Waals surface area contributed by atoms with Crippen molar-refractivity contribution in [3.05, 3.63) is 93.4 Å². The first-order chi connectivity index (χ1) is 23.0. The van der Waals surface area contributed by atoms with Gasteiger partial charge in [0.1, 0.15) is 17.5 Å². The Morgan fingerprint density at radius 3 is 2.42 bits per heavy atom. The average molecular weight is 715 g/mol. The van der Waals surface area contributed by atoms with Crippen LogP contribution in [0.4, 0.5) is 0 Å². The number of sulfonamides is 1. The molecule has 1 atom stereocenters. The molecule has 2 aromatic carbocycles. The fourth-order valence-electron chi connectivity index (χ4n) is 6.05. The largest absolute Gasteiger partial charge is 0.485 e. The van der Waals surface area contributed by atoms with Crippen LogP contribution >= 0.6 is 23.2 Å². The zero-order valence-corrected chi connectivity index (χ0v) is 28.2. The number of halogens is 2. The zero-order chi connectivity index (χ0) is 34.2. The number of imidazole rings is 1. The van der Waals surface area contributed by atoms with Gasteiger partial charge in [0.05, 0.1) is 10.7 Å². The maximum Gasteiger partial charge on any atom is 0.253 e. The summed E-state index contributed by atoms with van der Waals surface area (Å²) in [4.78, 5) is 34.4. The molecule has 0 spiro atoms. The number of amides is 2. The van der Waals surface area contributed by atoms with Crippen molar-refractivity contribution in [2.45, 2.75) is 37.3 Å². The van der Waals surface area contributed by atoms with Gasteiger partial charge in [-0.2, -0.15) is 4.31 Å². The number of carbonyl (C=O) groups excluding carboxylic acids is 2. The Hall–Kier alpha value is -4.37. The molecule has 16 heteroatoms. The summed E-state index contributed by atoms with van der Waals surface area (Å²) in [5.74, 6) is -0.115. The second-order valence-electron chi connectivity index (χ2n) is 11.6. The average Bonchev–Trinajstić information content (AvgIpc) is 3.75. The number of nitrogens with zero attached hydrogens (tertiary/aromatic N) is 6. The number of amidine groups is 1. The third-order valence-electron chi connectivity index (χ3n) is 8.58. The highest BCUT2D eigenvalue weighted by Crippen LogP contribution is 2.36. The molecule has 0 unspecified atom stereocenters. The molecule has 2 amide bonds. The van der Waals surface area contributed by atoms with Gasteiger partial charge in [0.25, 0.3) is 5.91 Å². The van der Waals surface area contributed by atoms with Crippen molar-refractivity contribution < 1.29 is 28.0 Å². The summed E-state index contributed by atoms with van der Waals surface area (Å²) in [7, 11) is -4.20. The second-order valence-corrected chi connectivity index (χ2v) is 14.2. The van der Waals surface area contributed by atoms with Crippen molar-refractivity contribution in [2.24, 2.45) is 10.9 Å². The highest BCUT2D eigenvalue weighted by atomic mass is 35.5. The standard InChI is InChI=1S/C32H33Cl2N7O6S/c1-20-18-40-12-3-5-26(30(40)36-20)47-19-23-24(33)10-11-27(28(23)34)48(45,46)41-13-2-4-25(41)32(43)39-16-14-38(15-17-39)31(42)22-8-6-21(7-9-22)29(35)37-44/h3,5-12,18,25,44H,2,4,13-17,19H2,1H3,(H2,35,37)/t25-/m0/s1. The van der Waals surface area contributed by atoms with E-state index in [-0.39, 0.29) is 71.9 Å². The Morgan fingerprint density at radius 1 is 1.02 bits per heavy atom. The van der Waals surface area contributed by atoms with Crippen LogP contribution in [0.1, 0.15) is 40.0 Å². The first-order valence-electron chi connectivity index (χ1n) is 15.2. The molecule has 4 aromatic rings. The summed E-state index contributed by atoms with van der Waals surface area (Å²) >= 11 is 13.2. The van der Waals surface area contributed by atoms with Crippen molar-refractivity contribution in [3.8, 4) is 5.75 Å². The second kappa shape index (κ2) is 13.6. The van der Waals surface area contributed by atoms with Gasteiger partial charge in [-0.05, 0) is 56.2 Å². The quantitative estimate of drug-likeness (QED) is 0.121. The Bertz CT molecular complexity index is 2010. The van der Waals surface area contributed by atoms with Gasteiger partial charge in [-0.15, -0.1) is 0 Å². The smallest absolute Gasteiger partial charge is 0.253 e. The molecule has 4 heterocycles. The van der Waals surface area contributed by atoms with Crippen LogP contribution in [0.3, 0.4) is 0 Å². The van der Waals surface area contributed by atoms with E-state index in [9.17, 15) is 18.0 Å². The fraction of sp³-hybridized carbons (Fsp3) is 0.312. The molecular formula is C32H33Cl2N7O6S. The third kappa shape index (κ3) is 6.40. The molecule has 6 rings (SSSR count).